The van der Waals surface area contributed by atoms with Gasteiger partial charge in [0.25, 0.3) is 0 Å². The van der Waals surface area contributed by atoms with Crippen LogP contribution in [-0.4, -0.2) is 16.5 Å². The second-order valence-corrected chi connectivity index (χ2v) is 5.60. The SMILES string of the molecule is CCNc1ncnc(NC(C)c2ccc(Cl)cc2Cl)c1C. The quantitative estimate of drug-likeness (QED) is 0.837. The van der Waals surface area contributed by atoms with E-state index in [4.69, 9.17) is 23.2 Å². The molecule has 0 radical (unpaired) electrons. The Morgan fingerprint density at radius 1 is 1.19 bits per heavy atom. The highest BCUT2D eigenvalue weighted by atomic mass is 35.5. The minimum atomic E-state index is 0.0119. The van der Waals surface area contributed by atoms with Gasteiger partial charge in [0.15, 0.2) is 0 Å². The molecule has 1 aromatic carbocycles. The van der Waals surface area contributed by atoms with E-state index in [1.54, 1.807) is 12.4 Å². The Balaban J connectivity index is 2.23. The molecule has 0 aliphatic carbocycles. The maximum absolute atomic E-state index is 6.24. The van der Waals surface area contributed by atoms with Gasteiger partial charge in [-0.1, -0.05) is 29.3 Å². The first-order chi connectivity index (χ1) is 10.0. The molecule has 1 unspecified atom stereocenters. The Bertz CT molecular complexity index is 631. The summed E-state index contributed by atoms with van der Waals surface area (Å²) in [6.07, 6.45) is 1.55. The first-order valence-corrected chi connectivity index (χ1v) is 7.55. The molecule has 2 rings (SSSR count). The average Bonchev–Trinajstić information content (AvgIpc) is 2.43. The van der Waals surface area contributed by atoms with E-state index in [2.05, 4.69) is 20.6 Å². The number of nitrogens with zero attached hydrogens (tertiary/aromatic N) is 2. The molecule has 0 bridgehead atoms. The molecular formula is C15H18Cl2N4. The second-order valence-electron chi connectivity index (χ2n) is 4.76. The van der Waals surface area contributed by atoms with E-state index in [9.17, 15) is 0 Å². The van der Waals surface area contributed by atoms with Crippen LogP contribution in [0.2, 0.25) is 10.0 Å². The molecule has 0 fully saturated rings. The topological polar surface area (TPSA) is 49.8 Å². The van der Waals surface area contributed by atoms with E-state index >= 15 is 0 Å². The zero-order valence-corrected chi connectivity index (χ0v) is 13.8. The van der Waals surface area contributed by atoms with Gasteiger partial charge >= 0.3 is 0 Å². The summed E-state index contributed by atoms with van der Waals surface area (Å²) in [6, 6.07) is 5.51. The molecule has 4 nitrogen and oxygen atoms in total. The first kappa shape index (κ1) is 15.9. The fourth-order valence-corrected chi connectivity index (χ4v) is 2.65. The third kappa shape index (κ3) is 3.77. The number of nitrogens with one attached hydrogen (secondary N) is 2. The normalized spacial score (nSPS) is 12.0. The van der Waals surface area contributed by atoms with Crippen molar-refractivity contribution in [1.82, 2.24) is 9.97 Å². The highest BCUT2D eigenvalue weighted by molar-refractivity contribution is 6.35. The second kappa shape index (κ2) is 6.96. The van der Waals surface area contributed by atoms with Crippen molar-refractivity contribution in [2.24, 2.45) is 0 Å². The molecule has 2 aromatic rings. The van der Waals surface area contributed by atoms with E-state index in [1.807, 2.05) is 32.9 Å². The van der Waals surface area contributed by atoms with Crippen LogP contribution in [0.3, 0.4) is 0 Å². The van der Waals surface area contributed by atoms with Crippen LogP contribution >= 0.6 is 23.2 Å². The van der Waals surface area contributed by atoms with Gasteiger partial charge in [0, 0.05) is 22.2 Å². The van der Waals surface area contributed by atoms with Crippen LogP contribution in [0, 0.1) is 6.92 Å². The van der Waals surface area contributed by atoms with Crippen LogP contribution in [-0.2, 0) is 0 Å². The molecule has 1 aromatic heterocycles. The molecule has 21 heavy (non-hydrogen) atoms. The summed E-state index contributed by atoms with van der Waals surface area (Å²) in [5.41, 5.74) is 1.96. The monoisotopic (exact) mass is 324 g/mol. The summed E-state index contributed by atoms with van der Waals surface area (Å²) in [4.78, 5) is 8.53. The molecule has 0 saturated carbocycles. The van der Waals surface area contributed by atoms with Crippen molar-refractivity contribution in [3.63, 3.8) is 0 Å². The maximum Gasteiger partial charge on any atom is 0.134 e. The number of aromatic nitrogens is 2. The van der Waals surface area contributed by atoms with Crippen molar-refractivity contribution in [2.75, 3.05) is 17.2 Å². The van der Waals surface area contributed by atoms with Crippen molar-refractivity contribution in [3.8, 4) is 0 Å². The van der Waals surface area contributed by atoms with Crippen LogP contribution in [0.25, 0.3) is 0 Å². The third-order valence-corrected chi connectivity index (χ3v) is 3.77. The lowest BCUT2D eigenvalue weighted by Crippen LogP contribution is -2.12. The molecule has 0 saturated heterocycles. The minimum Gasteiger partial charge on any atom is -0.370 e. The van der Waals surface area contributed by atoms with Crippen molar-refractivity contribution in [2.45, 2.75) is 26.8 Å². The van der Waals surface area contributed by atoms with Gasteiger partial charge in [-0.15, -0.1) is 0 Å². The summed E-state index contributed by atoms with van der Waals surface area (Å²) in [6.45, 7) is 6.86. The van der Waals surface area contributed by atoms with E-state index in [1.165, 1.54) is 0 Å². The molecule has 0 spiro atoms. The molecule has 0 aliphatic rings. The van der Waals surface area contributed by atoms with Crippen LogP contribution in [0.5, 0.6) is 0 Å². The Labute approximate surface area is 134 Å². The Hall–Kier alpha value is -1.52. The van der Waals surface area contributed by atoms with Gasteiger partial charge in [0.05, 0.1) is 6.04 Å². The summed E-state index contributed by atoms with van der Waals surface area (Å²) in [5, 5.41) is 7.85. The highest BCUT2D eigenvalue weighted by Gasteiger charge is 2.13. The fourth-order valence-electron chi connectivity index (χ4n) is 2.08. The lowest BCUT2D eigenvalue weighted by atomic mass is 10.1. The van der Waals surface area contributed by atoms with Gasteiger partial charge in [0.2, 0.25) is 0 Å². The number of anilines is 2. The van der Waals surface area contributed by atoms with Crippen molar-refractivity contribution >= 4 is 34.8 Å². The molecule has 6 heteroatoms. The van der Waals surface area contributed by atoms with E-state index < -0.39 is 0 Å². The summed E-state index contributed by atoms with van der Waals surface area (Å²) < 4.78 is 0. The molecule has 0 amide bonds. The third-order valence-electron chi connectivity index (χ3n) is 3.21. The molecule has 112 valence electrons. The van der Waals surface area contributed by atoms with Crippen molar-refractivity contribution in [3.05, 3.63) is 45.7 Å². The number of rotatable bonds is 5. The smallest absolute Gasteiger partial charge is 0.134 e. The maximum atomic E-state index is 6.24. The highest BCUT2D eigenvalue weighted by Crippen LogP contribution is 2.29. The van der Waals surface area contributed by atoms with Crippen LogP contribution in [0.15, 0.2) is 24.5 Å². The molecular weight excluding hydrogens is 307 g/mol. The lowest BCUT2D eigenvalue weighted by Gasteiger charge is -2.18. The largest absolute Gasteiger partial charge is 0.370 e. The van der Waals surface area contributed by atoms with Crippen LogP contribution in [0.4, 0.5) is 11.6 Å². The van der Waals surface area contributed by atoms with Crippen LogP contribution < -0.4 is 10.6 Å². The summed E-state index contributed by atoms with van der Waals surface area (Å²) in [5.74, 6) is 1.63. The van der Waals surface area contributed by atoms with Gasteiger partial charge in [-0.3, -0.25) is 0 Å². The molecule has 1 atom stereocenters. The predicted molar refractivity (Wildman–Crippen MR) is 89.4 cm³/mol. The Kier molecular flexibility index (Phi) is 5.26. The zero-order valence-electron chi connectivity index (χ0n) is 12.2. The number of halogens is 2. The fraction of sp³-hybridized carbons (Fsp3) is 0.333. The van der Waals surface area contributed by atoms with Gasteiger partial charge < -0.3 is 10.6 Å². The number of hydrogen-bond donors (Lipinski definition) is 2. The predicted octanol–water partition coefficient (Wildman–Crippen LogP) is 4.70. The Morgan fingerprint density at radius 3 is 2.57 bits per heavy atom. The van der Waals surface area contributed by atoms with Crippen molar-refractivity contribution < 1.29 is 0 Å². The number of benzene rings is 1. The molecule has 1 heterocycles. The lowest BCUT2D eigenvalue weighted by molar-refractivity contribution is 0.868. The standard InChI is InChI=1S/C15H18Cl2N4/c1-4-18-14-9(2)15(20-8-19-14)21-10(3)12-6-5-11(16)7-13(12)17/h5-8,10H,4H2,1-3H3,(H2,18,19,20,21). The van der Waals surface area contributed by atoms with Crippen molar-refractivity contribution in [1.29, 1.82) is 0 Å². The Morgan fingerprint density at radius 2 is 1.90 bits per heavy atom. The summed E-state index contributed by atoms with van der Waals surface area (Å²) in [7, 11) is 0. The minimum absolute atomic E-state index is 0.0119. The van der Waals surface area contributed by atoms with Gasteiger partial charge in [0.1, 0.15) is 18.0 Å². The van der Waals surface area contributed by atoms with Crippen LogP contribution in [0.1, 0.15) is 31.0 Å². The first-order valence-electron chi connectivity index (χ1n) is 6.79. The van der Waals surface area contributed by atoms with E-state index in [-0.39, 0.29) is 6.04 Å². The van der Waals surface area contributed by atoms with Gasteiger partial charge in [-0.25, -0.2) is 9.97 Å². The molecule has 2 N–H and O–H groups in total. The van der Waals surface area contributed by atoms with E-state index in [0.717, 1.165) is 29.3 Å². The number of hydrogen-bond acceptors (Lipinski definition) is 4. The zero-order chi connectivity index (χ0) is 15.4. The van der Waals surface area contributed by atoms with Gasteiger partial charge in [-0.05, 0) is 38.5 Å². The summed E-state index contributed by atoms with van der Waals surface area (Å²) >= 11 is 12.2. The van der Waals surface area contributed by atoms with Gasteiger partial charge in [-0.2, -0.15) is 0 Å². The van der Waals surface area contributed by atoms with E-state index in [0.29, 0.717) is 10.0 Å². The molecule has 0 aliphatic heterocycles. The average molecular weight is 325 g/mol.